The zero-order valence-corrected chi connectivity index (χ0v) is 14.4. The Kier molecular flexibility index (Phi) is 8.04. The number of carbonyl (C=O) groups excluding carboxylic acids is 2. The number of thiocarbonyl (C=S) groups is 1. The number of hydrogen-bond acceptors (Lipinski definition) is 5. The average molecular weight is 338 g/mol. The Morgan fingerprint density at radius 3 is 2.65 bits per heavy atom. The van der Waals surface area contributed by atoms with Crippen LogP contribution < -0.4 is 15.4 Å². The highest BCUT2D eigenvalue weighted by Gasteiger charge is 2.09. The molecule has 1 rings (SSSR count). The first-order chi connectivity index (χ1) is 10.9. The van der Waals surface area contributed by atoms with Gasteiger partial charge in [0.05, 0.1) is 19.1 Å². The summed E-state index contributed by atoms with van der Waals surface area (Å²) in [5, 5.41) is 5.59. The SMILES string of the molecule is CCOC(=O)CCC(=O)NC(=S)Nc1cccc(OC(C)C)c1. The van der Waals surface area contributed by atoms with Crippen LogP contribution in [-0.4, -0.2) is 29.7 Å². The first-order valence-corrected chi connectivity index (χ1v) is 7.84. The van der Waals surface area contributed by atoms with Gasteiger partial charge in [0.25, 0.3) is 0 Å². The third-order valence-corrected chi connectivity index (χ3v) is 2.78. The van der Waals surface area contributed by atoms with Crippen LogP contribution in [0.25, 0.3) is 0 Å². The van der Waals surface area contributed by atoms with Gasteiger partial charge in [-0.2, -0.15) is 0 Å². The van der Waals surface area contributed by atoms with E-state index in [9.17, 15) is 9.59 Å². The number of nitrogens with one attached hydrogen (secondary N) is 2. The normalized spacial score (nSPS) is 10.1. The molecule has 126 valence electrons. The molecule has 0 aliphatic rings. The second-order valence-electron chi connectivity index (χ2n) is 5.00. The molecule has 1 amide bonds. The predicted octanol–water partition coefficient (Wildman–Crippen LogP) is 2.63. The number of amides is 1. The number of ether oxygens (including phenoxy) is 2. The van der Waals surface area contributed by atoms with Gasteiger partial charge in [-0.05, 0) is 45.1 Å². The summed E-state index contributed by atoms with van der Waals surface area (Å²) < 4.78 is 10.3. The van der Waals surface area contributed by atoms with Crippen LogP contribution in [0, 0.1) is 0 Å². The molecule has 0 aromatic heterocycles. The lowest BCUT2D eigenvalue weighted by atomic mass is 10.3. The summed E-state index contributed by atoms with van der Waals surface area (Å²) in [4.78, 5) is 22.9. The van der Waals surface area contributed by atoms with E-state index in [1.54, 1.807) is 13.0 Å². The van der Waals surface area contributed by atoms with Gasteiger partial charge in [0, 0.05) is 18.2 Å². The zero-order chi connectivity index (χ0) is 17.2. The molecule has 23 heavy (non-hydrogen) atoms. The fourth-order valence-corrected chi connectivity index (χ4v) is 1.95. The number of anilines is 1. The molecule has 1 aromatic carbocycles. The highest BCUT2D eigenvalue weighted by molar-refractivity contribution is 7.80. The summed E-state index contributed by atoms with van der Waals surface area (Å²) in [5.41, 5.74) is 0.707. The summed E-state index contributed by atoms with van der Waals surface area (Å²) in [7, 11) is 0. The Labute approximate surface area is 141 Å². The highest BCUT2D eigenvalue weighted by atomic mass is 32.1. The molecule has 7 heteroatoms. The molecule has 0 radical (unpaired) electrons. The minimum atomic E-state index is -0.403. The van der Waals surface area contributed by atoms with Crippen molar-refractivity contribution in [1.29, 1.82) is 0 Å². The first kappa shape index (κ1) is 18.9. The molecule has 0 heterocycles. The van der Waals surface area contributed by atoms with Crippen molar-refractivity contribution in [3.63, 3.8) is 0 Å². The van der Waals surface area contributed by atoms with Crippen molar-refractivity contribution in [2.75, 3.05) is 11.9 Å². The topological polar surface area (TPSA) is 76.7 Å². The van der Waals surface area contributed by atoms with E-state index >= 15 is 0 Å². The Hall–Kier alpha value is -2.15. The summed E-state index contributed by atoms with van der Waals surface area (Å²) in [6.07, 6.45) is 0.122. The summed E-state index contributed by atoms with van der Waals surface area (Å²) in [5.74, 6) is -0.0355. The van der Waals surface area contributed by atoms with Gasteiger partial charge < -0.3 is 20.1 Å². The van der Waals surface area contributed by atoms with Gasteiger partial charge in [-0.25, -0.2) is 0 Å². The molecule has 2 N–H and O–H groups in total. The number of carbonyl (C=O) groups is 2. The van der Waals surface area contributed by atoms with E-state index in [-0.39, 0.29) is 30.0 Å². The smallest absolute Gasteiger partial charge is 0.306 e. The molecule has 1 aromatic rings. The molecule has 0 aliphatic heterocycles. The van der Waals surface area contributed by atoms with E-state index in [0.29, 0.717) is 18.0 Å². The lowest BCUT2D eigenvalue weighted by molar-refractivity contribution is -0.144. The van der Waals surface area contributed by atoms with Crippen molar-refractivity contribution in [2.24, 2.45) is 0 Å². The van der Waals surface area contributed by atoms with Crippen LogP contribution in [0.2, 0.25) is 0 Å². The van der Waals surface area contributed by atoms with Crippen molar-refractivity contribution in [2.45, 2.75) is 39.7 Å². The molecule has 0 spiro atoms. The Morgan fingerprint density at radius 2 is 2.00 bits per heavy atom. The number of hydrogen-bond donors (Lipinski definition) is 2. The van der Waals surface area contributed by atoms with Crippen molar-refractivity contribution in [3.8, 4) is 5.75 Å². The average Bonchev–Trinajstić information content (AvgIpc) is 2.45. The summed E-state index contributed by atoms with van der Waals surface area (Å²) in [6, 6.07) is 7.26. The number of rotatable bonds is 7. The molecule has 0 aliphatic carbocycles. The maximum absolute atomic E-state index is 11.7. The van der Waals surface area contributed by atoms with E-state index in [2.05, 4.69) is 10.6 Å². The monoisotopic (exact) mass is 338 g/mol. The Bertz CT molecular complexity index is 561. The van der Waals surface area contributed by atoms with Crippen LogP contribution in [0.1, 0.15) is 33.6 Å². The van der Waals surface area contributed by atoms with Gasteiger partial charge in [0.15, 0.2) is 5.11 Å². The standard InChI is InChI=1S/C16H22N2O4S/c1-4-21-15(20)9-8-14(19)18-16(23)17-12-6-5-7-13(10-12)22-11(2)3/h5-7,10-11H,4,8-9H2,1-3H3,(H2,17,18,19,23). The van der Waals surface area contributed by atoms with Crippen LogP contribution in [0.3, 0.4) is 0 Å². The second kappa shape index (κ2) is 9.78. The van der Waals surface area contributed by atoms with Gasteiger partial charge in [-0.1, -0.05) is 6.07 Å². The third kappa shape index (κ3) is 8.15. The van der Waals surface area contributed by atoms with Crippen LogP contribution >= 0.6 is 12.2 Å². The van der Waals surface area contributed by atoms with Crippen molar-refractivity contribution >= 4 is 34.9 Å². The van der Waals surface area contributed by atoms with Gasteiger partial charge in [-0.15, -0.1) is 0 Å². The molecule has 0 saturated heterocycles. The molecule has 0 bridgehead atoms. The van der Waals surface area contributed by atoms with Crippen LogP contribution in [-0.2, 0) is 14.3 Å². The van der Waals surface area contributed by atoms with Gasteiger partial charge in [-0.3, -0.25) is 9.59 Å². The quantitative estimate of drug-likeness (QED) is 0.588. The molecular weight excluding hydrogens is 316 g/mol. The minimum absolute atomic E-state index is 0.0250. The van der Waals surface area contributed by atoms with Crippen molar-refractivity contribution in [1.82, 2.24) is 5.32 Å². The van der Waals surface area contributed by atoms with E-state index < -0.39 is 5.97 Å². The predicted molar refractivity (Wildman–Crippen MR) is 92.4 cm³/mol. The molecule has 0 unspecified atom stereocenters. The molecule has 6 nitrogen and oxygen atoms in total. The number of benzene rings is 1. The number of esters is 1. The lowest BCUT2D eigenvalue weighted by Crippen LogP contribution is -2.34. The van der Waals surface area contributed by atoms with Gasteiger partial charge in [0.2, 0.25) is 5.91 Å². The van der Waals surface area contributed by atoms with Gasteiger partial charge >= 0.3 is 5.97 Å². The fraction of sp³-hybridized carbons (Fsp3) is 0.438. The van der Waals surface area contributed by atoms with Gasteiger partial charge in [0.1, 0.15) is 5.75 Å². The third-order valence-electron chi connectivity index (χ3n) is 2.58. The Balaban J connectivity index is 2.44. The molecular formula is C16H22N2O4S. The van der Waals surface area contributed by atoms with E-state index in [1.165, 1.54) is 0 Å². The molecule has 0 atom stereocenters. The van der Waals surface area contributed by atoms with Crippen LogP contribution in [0.15, 0.2) is 24.3 Å². The fourth-order valence-electron chi connectivity index (χ4n) is 1.72. The van der Waals surface area contributed by atoms with Crippen LogP contribution in [0.4, 0.5) is 5.69 Å². The summed E-state index contributed by atoms with van der Waals surface area (Å²) in [6.45, 7) is 5.90. The van der Waals surface area contributed by atoms with Crippen molar-refractivity contribution < 1.29 is 19.1 Å². The lowest BCUT2D eigenvalue weighted by Gasteiger charge is -2.13. The largest absolute Gasteiger partial charge is 0.491 e. The van der Waals surface area contributed by atoms with Crippen LogP contribution in [0.5, 0.6) is 5.75 Å². The second-order valence-corrected chi connectivity index (χ2v) is 5.41. The highest BCUT2D eigenvalue weighted by Crippen LogP contribution is 2.18. The van der Waals surface area contributed by atoms with Crippen molar-refractivity contribution in [3.05, 3.63) is 24.3 Å². The molecule has 0 saturated carbocycles. The minimum Gasteiger partial charge on any atom is -0.491 e. The van der Waals surface area contributed by atoms with E-state index in [0.717, 1.165) is 0 Å². The first-order valence-electron chi connectivity index (χ1n) is 7.44. The molecule has 0 fully saturated rings. The summed E-state index contributed by atoms with van der Waals surface area (Å²) >= 11 is 5.07. The van der Waals surface area contributed by atoms with E-state index in [4.69, 9.17) is 21.7 Å². The van der Waals surface area contributed by atoms with E-state index in [1.807, 2.05) is 32.0 Å². The maximum atomic E-state index is 11.7. The Morgan fingerprint density at radius 1 is 1.26 bits per heavy atom. The maximum Gasteiger partial charge on any atom is 0.306 e. The zero-order valence-electron chi connectivity index (χ0n) is 13.5.